The molecule has 5 heteroatoms. The molecular formula is C12H16ClN3O. The zero-order chi connectivity index (χ0) is 12.6. The van der Waals surface area contributed by atoms with Gasteiger partial charge in [-0.2, -0.15) is 5.10 Å². The molecule has 4 nitrogen and oxygen atoms in total. The van der Waals surface area contributed by atoms with Crippen LogP contribution in [-0.4, -0.2) is 9.78 Å². The quantitative estimate of drug-likeness (QED) is 0.915. The van der Waals surface area contributed by atoms with E-state index in [9.17, 15) is 0 Å². The second kappa shape index (κ2) is 4.55. The minimum atomic E-state index is -0.314. The van der Waals surface area contributed by atoms with Crippen LogP contribution in [0.5, 0.6) is 0 Å². The molecule has 0 fully saturated rings. The first kappa shape index (κ1) is 12.2. The first-order valence-corrected chi connectivity index (χ1v) is 5.92. The molecule has 2 heterocycles. The van der Waals surface area contributed by atoms with Crippen LogP contribution in [0.25, 0.3) is 0 Å². The molecule has 92 valence electrons. The van der Waals surface area contributed by atoms with E-state index in [2.05, 4.69) is 5.10 Å². The van der Waals surface area contributed by atoms with Gasteiger partial charge in [-0.05, 0) is 26.8 Å². The molecule has 1 atom stereocenters. The van der Waals surface area contributed by atoms with Crippen LogP contribution in [0, 0.1) is 6.92 Å². The highest BCUT2D eigenvalue weighted by molar-refractivity contribution is 6.31. The van der Waals surface area contributed by atoms with Crippen LogP contribution in [-0.2, 0) is 0 Å². The van der Waals surface area contributed by atoms with Gasteiger partial charge in [-0.1, -0.05) is 11.6 Å². The van der Waals surface area contributed by atoms with Crippen molar-refractivity contribution in [3.05, 3.63) is 40.6 Å². The molecule has 0 aliphatic heterocycles. The van der Waals surface area contributed by atoms with Crippen LogP contribution in [0.2, 0.25) is 5.02 Å². The lowest BCUT2D eigenvalue weighted by molar-refractivity contribution is 0.493. The van der Waals surface area contributed by atoms with Gasteiger partial charge in [0.05, 0.1) is 29.2 Å². The van der Waals surface area contributed by atoms with E-state index >= 15 is 0 Å². The largest absolute Gasteiger partial charge is 0.469 e. The summed E-state index contributed by atoms with van der Waals surface area (Å²) in [5.41, 5.74) is 8.00. The normalized spacial score (nSPS) is 13.3. The Balaban J connectivity index is 2.47. The van der Waals surface area contributed by atoms with E-state index in [0.717, 1.165) is 17.0 Å². The Kier molecular flexibility index (Phi) is 3.26. The smallest absolute Gasteiger partial charge is 0.105 e. The van der Waals surface area contributed by atoms with Crippen molar-refractivity contribution in [2.75, 3.05) is 0 Å². The Morgan fingerprint density at radius 3 is 2.71 bits per heavy atom. The molecule has 2 aromatic rings. The van der Waals surface area contributed by atoms with Crippen molar-refractivity contribution in [2.24, 2.45) is 5.73 Å². The number of halogens is 1. The monoisotopic (exact) mass is 253 g/mol. The molecule has 0 radical (unpaired) electrons. The lowest BCUT2D eigenvalue weighted by Gasteiger charge is -2.17. The van der Waals surface area contributed by atoms with Crippen molar-refractivity contribution in [3.8, 4) is 0 Å². The SMILES string of the molecule is Cc1occc1C(N)c1c(Cl)cnn1C(C)C. The number of hydrogen-bond acceptors (Lipinski definition) is 3. The summed E-state index contributed by atoms with van der Waals surface area (Å²) in [5.74, 6) is 0.810. The van der Waals surface area contributed by atoms with E-state index < -0.39 is 0 Å². The van der Waals surface area contributed by atoms with Gasteiger partial charge in [-0.15, -0.1) is 0 Å². The average Bonchev–Trinajstić information content (AvgIpc) is 2.83. The maximum atomic E-state index is 6.24. The highest BCUT2D eigenvalue weighted by Crippen LogP contribution is 2.30. The molecule has 1 unspecified atom stereocenters. The fraction of sp³-hybridized carbons (Fsp3) is 0.417. The number of aryl methyl sites for hydroxylation is 1. The van der Waals surface area contributed by atoms with Gasteiger partial charge in [-0.3, -0.25) is 4.68 Å². The Morgan fingerprint density at radius 2 is 2.18 bits per heavy atom. The lowest BCUT2D eigenvalue weighted by atomic mass is 10.1. The zero-order valence-electron chi connectivity index (χ0n) is 10.1. The summed E-state index contributed by atoms with van der Waals surface area (Å²) in [4.78, 5) is 0. The first-order chi connectivity index (χ1) is 8.02. The summed E-state index contributed by atoms with van der Waals surface area (Å²) in [7, 11) is 0. The van der Waals surface area contributed by atoms with E-state index in [0.29, 0.717) is 5.02 Å². The van der Waals surface area contributed by atoms with Crippen LogP contribution in [0.3, 0.4) is 0 Å². The van der Waals surface area contributed by atoms with Gasteiger partial charge in [0.25, 0.3) is 0 Å². The van der Waals surface area contributed by atoms with Crippen molar-refractivity contribution in [3.63, 3.8) is 0 Å². The van der Waals surface area contributed by atoms with Crippen LogP contribution in [0.4, 0.5) is 0 Å². The van der Waals surface area contributed by atoms with Gasteiger partial charge in [0.15, 0.2) is 0 Å². The standard InChI is InChI=1S/C12H16ClN3O/c1-7(2)16-12(10(13)6-15-16)11(14)9-4-5-17-8(9)3/h4-7,11H,14H2,1-3H3. The maximum absolute atomic E-state index is 6.24. The summed E-state index contributed by atoms with van der Waals surface area (Å²) < 4.78 is 7.12. The number of aromatic nitrogens is 2. The topological polar surface area (TPSA) is 57.0 Å². The minimum absolute atomic E-state index is 0.218. The molecule has 0 spiro atoms. The molecular weight excluding hydrogens is 238 g/mol. The predicted octanol–water partition coefficient (Wildman–Crippen LogP) is 3.07. The van der Waals surface area contributed by atoms with E-state index in [1.165, 1.54) is 0 Å². The van der Waals surface area contributed by atoms with Crippen molar-refractivity contribution in [1.82, 2.24) is 9.78 Å². The Morgan fingerprint density at radius 1 is 1.47 bits per heavy atom. The fourth-order valence-electron chi connectivity index (χ4n) is 1.92. The van der Waals surface area contributed by atoms with Crippen LogP contribution < -0.4 is 5.73 Å². The van der Waals surface area contributed by atoms with E-state index in [4.69, 9.17) is 21.8 Å². The Hall–Kier alpha value is -1.26. The summed E-state index contributed by atoms with van der Waals surface area (Å²) in [6.45, 7) is 5.97. The third-order valence-corrected chi connectivity index (χ3v) is 3.10. The molecule has 0 aliphatic carbocycles. The molecule has 2 N–H and O–H groups in total. The van der Waals surface area contributed by atoms with Gasteiger partial charge in [-0.25, -0.2) is 0 Å². The van der Waals surface area contributed by atoms with Gasteiger partial charge >= 0.3 is 0 Å². The molecule has 0 bridgehead atoms. The summed E-state index contributed by atoms with van der Waals surface area (Å²) in [6, 6.07) is 1.77. The van der Waals surface area contributed by atoms with Crippen molar-refractivity contribution in [2.45, 2.75) is 32.9 Å². The minimum Gasteiger partial charge on any atom is -0.469 e. The van der Waals surface area contributed by atoms with Crippen molar-refractivity contribution in [1.29, 1.82) is 0 Å². The van der Waals surface area contributed by atoms with Crippen LogP contribution in [0.15, 0.2) is 22.9 Å². The summed E-state index contributed by atoms with van der Waals surface area (Å²) in [6.07, 6.45) is 3.26. The van der Waals surface area contributed by atoms with Gasteiger partial charge in [0, 0.05) is 11.6 Å². The predicted molar refractivity (Wildman–Crippen MR) is 67.1 cm³/mol. The zero-order valence-corrected chi connectivity index (χ0v) is 10.9. The molecule has 0 aliphatic rings. The number of nitrogens with two attached hydrogens (primary N) is 1. The van der Waals surface area contributed by atoms with Crippen LogP contribution >= 0.6 is 11.6 Å². The molecule has 2 aromatic heterocycles. The number of furan rings is 1. The number of hydrogen-bond donors (Lipinski definition) is 1. The summed E-state index contributed by atoms with van der Waals surface area (Å²) >= 11 is 6.16. The second-order valence-electron chi connectivity index (χ2n) is 4.33. The molecule has 0 amide bonds. The van der Waals surface area contributed by atoms with E-state index in [1.807, 2.05) is 31.5 Å². The highest BCUT2D eigenvalue weighted by atomic mass is 35.5. The lowest BCUT2D eigenvalue weighted by Crippen LogP contribution is -2.19. The second-order valence-corrected chi connectivity index (χ2v) is 4.73. The average molecular weight is 254 g/mol. The number of nitrogens with zero attached hydrogens (tertiary/aromatic N) is 2. The third-order valence-electron chi connectivity index (χ3n) is 2.80. The maximum Gasteiger partial charge on any atom is 0.105 e. The van der Waals surface area contributed by atoms with Gasteiger partial charge in [0.1, 0.15) is 5.76 Å². The Labute approximate surface area is 105 Å². The molecule has 0 saturated heterocycles. The van der Waals surface area contributed by atoms with Gasteiger partial charge in [0.2, 0.25) is 0 Å². The third kappa shape index (κ3) is 2.10. The van der Waals surface area contributed by atoms with E-state index in [-0.39, 0.29) is 12.1 Å². The van der Waals surface area contributed by atoms with Gasteiger partial charge < -0.3 is 10.2 Å². The fourth-order valence-corrected chi connectivity index (χ4v) is 2.17. The molecule has 0 saturated carbocycles. The van der Waals surface area contributed by atoms with Crippen molar-refractivity contribution >= 4 is 11.6 Å². The molecule has 17 heavy (non-hydrogen) atoms. The van der Waals surface area contributed by atoms with Crippen LogP contribution in [0.1, 0.15) is 42.9 Å². The Bertz CT molecular complexity index is 516. The highest BCUT2D eigenvalue weighted by Gasteiger charge is 2.22. The molecule has 2 rings (SSSR count). The first-order valence-electron chi connectivity index (χ1n) is 5.54. The summed E-state index contributed by atoms with van der Waals surface area (Å²) in [5, 5.41) is 4.84. The van der Waals surface area contributed by atoms with Crippen molar-refractivity contribution < 1.29 is 4.42 Å². The van der Waals surface area contributed by atoms with E-state index in [1.54, 1.807) is 12.5 Å². The number of rotatable bonds is 3. The molecule has 0 aromatic carbocycles.